The van der Waals surface area contributed by atoms with Gasteiger partial charge in [0.25, 0.3) is 0 Å². The summed E-state index contributed by atoms with van der Waals surface area (Å²) in [6.45, 7) is 4.24. The lowest BCUT2D eigenvalue weighted by Gasteiger charge is -2.26. The molecule has 0 atom stereocenters. The Balaban J connectivity index is 1.87. The summed E-state index contributed by atoms with van der Waals surface area (Å²) in [6, 6.07) is 12.1. The van der Waals surface area contributed by atoms with Crippen LogP contribution in [0, 0.1) is 5.41 Å². The third-order valence-corrected chi connectivity index (χ3v) is 6.01. The van der Waals surface area contributed by atoms with Gasteiger partial charge in [0.05, 0.1) is 18.7 Å². The van der Waals surface area contributed by atoms with Crippen molar-refractivity contribution in [3.05, 3.63) is 53.1 Å². The van der Waals surface area contributed by atoms with E-state index in [0.717, 1.165) is 32.4 Å². The second-order valence-corrected chi connectivity index (χ2v) is 9.22. The van der Waals surface area contributed by atoms with Gasteiger partial charge in [-0.2, -0.15) is 23.1 Å². The number of carbonyl (C=O) groups is 1. The van der Waals surface area contributed by atoms with Crippen molar-refractivity contribution in [2.45, 2.75) is 46.3 Å². The van der Waals surface area contributed by atoms with Gasteiger partial charge in [0.15, 0.2) is 11.6 Å². The van der Waals surface area contributed by atoms with Gasteiger partial charge in [-0.05, 0) is 62.2 Å². The van der Waals surface area contributed by atoms with Crippen LogP contribution in [0.5, 0.6) is 11.8 Å². The van der Waals surface area contributed by atoms with Gasteiger partial charge in [-0.15, -0.1) is 0 Å². The Labute approximate surface area is 218 Å². The van der Waals surface area contributed by atoms with Crippen LogP contribution in [-0.4, -0.2) is 40.8 Å². The summed E-state index contributed by atoms with van der Waals surface area (Å²) in [5, 5.41) is 2.65. The van der Waals surface area contributed by atoms with Gasteiger partial charge in [-0.3, -0.25) is 4.79 Å². The fourth-order valence-electron chi connectivity index (χ4n) is 3.12. The van der Waals surface area contributed by atoms with E-state index in [9.17, 15) is 18.0 Å². The van der Waals surface area contributed by atoms with Crippen molar-refractivity contribution in [3.8, 4) is 34.5 Å². The molecule has 3 rings (SSSR count). The largest absolute Gasteiger partial charge is 0.494 e. The lowest BCUT2D eigenvalue weighted by atomic mass is 9.91. The van der Waals surface area contributed by atoms with Crippen molar-refractivity contribution >= 4 is 17.5 Å². The minimum absolute atomic E-state index is 0.0602. The predicted molar refractivity (Wildman–Crippen MR) is 134 cm³/mol. The Kier molecular flexibility index (Phi) is 8.96. The third-order valence-electron chi connectivity index (χ3n) is 5.68. The number of amides is 1. The molecule has 2 aromatic carbocycles. The SMILES string of the molecule is CCCCOc1ccc(-c2nc(OC)nc(-c3cc(CNC(=O)C(C)(C)C(F)(F)F)ccc3Cl)n2)cc1. The Hall–Kier alpha value is -3.40. The zero-order valence-electron chi connectivity index (χ0n) is 20.9. The van der Waals surface area contributed by atoms with Gasteiger partial charge in [-0.1, -0.05) is 31.0 Å². The maximum atomic E-state index is 13.2. The van der Waals surface area contributed by atoms with Crippen LogP contribution in [-0.2, 0) is 11.3 Å². The van der Waals surface area contributed by atoms with E-state index >= 15 is 0 Å². The number of halogens is 4. The van der Waals surface area contributed by atoms with E-state index < -0.39 is 17.5 Å². The van der Waals surface area contributed by atoms with Crippen LogP contribution >= 0.6 is 11.6 Å². The Morgan fingerprint density at radius 2 is 1.70 bits per heavy atom. The summed E-state index contributed by atoms with van der Waals surface area (Å²) in [4.78, 5) is 25.3. The van der Waals surface area contributed by atoms with Gasteiger partial charge in [-0.25, -0.2) is 4.98 Å². The Morgan fingerprint density at radius 1 is 1.03 bits per heavy atom. The molecule has 0 saturated carbocycles. The predicted octanol–water partition coefficient (Wildman–Crippen LogP) is 6.25. The highest BCUT2D eigenvalue weighted by molar-refractivity contribution is 6.33. The van der Waals surface area contributed by atoms with E-state index in [1.165, 1.54) is 7.11 Å². The number of hydrogen-bond donors (Lipinski definition) is 1. The second-order valence-electron chi connectivity index (χ2n) is 8.82. The van der Waals surface area contributed by atoms with Crippen molar-refractivity contribution in [1.29, 1.82) is 0 Å². The fourth-order valence-corrected chi connectivity index (χ4v) is 3.32. The highest BCUT2D eigenvalue weighted by atomic mass is 35.5. The molecule has 3 aromatic rings. The van der Waals surface area contributed by atoms with E-state index in [1.807, 2.05) is 24.3 Å². The summed E-state index contributed by atoms with van der Waals surface area (Å²) in [5.74, 6) is 0.134. The van der Waals surface area contributed by atoms with E-state index in [2.05, 4.69) is 27.2 Å². The van der Waals surface area contributed by atoms with Crippen molar-refractivity contribution in [2.24, 2.45) is 5.41 Å². The smallest absolute Gasteiger partial charge is 0.402 e. The molecule has 0 bridgehead atoms. The monoisotopic (exact) mass is 536 g/mol. The molecule has 0 saturated heterocycles. The number of nitrogens with zero attached hydrogens (tertiary/aromatic N) is 3. The average molecular weight is 537 g/mol. The highest BCUT2D eigenvalue weighted by Gasteiger charge is 2.52. The van der Waals surface area contributed by atoms with E-state index in [0.29, 0.717) is 34.1 Å². The van der Waals surface area contributed by atoms with E-state index in [-0.39, 0.29) is 18.4 Å². The topological polar surface area (TPSA) is 86.2 Å². The van der Waals surface area contributed by atoms with Gasteiger partial charge in [0.1, 0.15) is 11.2 Å². The number of ether oxygens (including phenoxy) is 2. The molecule has 1 aromatic heterocycles. The molecule has 0 spiro atoms. The van der Waals surface area contributed by atoms with Crippen LogP contribution in [0.2, 0.25) is 5.02 Å². The average Bonchev–Trinajstić information content (AvgIpc) is 2.87. The fraction of sp³-hybridized carbons (Fsp3) is 0.385. The summed E-state index contributed by atoms with van der Waals surface area (Å²) in [6.07, 6.45) is -2.69. The van der Waals surface area contributed by atoms with E-state index in [4.69, 9.17) is 21.1 Å². The summed E-state index contributed by atoms with van der Waals surface area (Å²) < 4.78 is 50.5. The van der Waals surface area contributed by atoms with Crippen molar-refractivity contribution in [3.63, 3.8) is 0 Å². The van der Waals surface area contributed by atoms with Crippen LogP contribution in [0.4, 0.5) is 13.2 Å². The maximum absolute atomic E-state index is 13.2. The van der Waals surface area contributed by atoms with Crippen LogP contribution in [0.3, 0.4) is 0 Å². The molecule has 0 aliphatic heterocycles. The molecule has 7 nitrogen and oxygen atoms in total. The molecule has 0 radical (unpaired) electrons. The highest BCUT2D eigenvalue weighted by Crippen LogP contribution is 2.37. The van der Waals surface area contributed by atoms with Gasteiger partial charge >= 0.3 is 12.2 Å². The summed E-state index contributed by atoms with van der Waals surface area (Å²) in [7, 11) is 1.42. The number of benzene rings is 2. The molecule has 198 valence electrons. The zero-order chi connectivity index (χ0) is 27.2. The molecule has 1 N–H and O–H groups in total. The number of carbonyl (C=O) groups excluding carboxylic acids is 1. The molecule has 1 heterocycles. The lowest BCUT2D eigenvalue weighted by Crippen LogP contribution is -2.46. The van der Waals surface area contributed by atoms with Crippen molar-refractivity contribution in [2.75, 3.05) is 13.7 Å². The summed E-state index contributed by atoms with van der Waals surface area (Å²) in [5.41, 5.74) is -0.918. The van der Waals surface area contributed by atoms with Gasteiger partial charge in [0.2, 0.25) is 5.91 Å². The first-order valence-electron chi connectivity index (χ1n) is 11.6. The number of rotatable bonds is 10. The van der Waals surface area contributed by atoms with E-state index in [1.54, 1.807) is 18.2 Å². The number of hydrogen-bond acceptors (Lipinski definition) is 6. The number of methoxy groups -OCH3 is 1. The van der Waals surface area contributed by atoms with Gasteiger partial charge in [0, 0.05) is 17.7 Å². The molecule has 0 unspecified atom stereocenters. The number of aromatic nitrogens is 3. The third kappa shape index (κ3) is 6.88. The molecule has 37 heavy (non-hydrogen) atoms. The first-order chi connectivity index (χ1) is 17.5. The number of nitrogens with one attached hydrogen (secondary N) is 1. The molecule has 0 fully saturated rings. The van der Waals surface area contributed by atoms with Gasteiger partial charge < -0.3 is 14.8 Å². The molecule has 11 heteroatoms. The molecule has 1 amide bonds. The van der Waals surface area contributed by atoms with Crippen LogP contribution in [0.25, 0.3) is 22.8 Å². The maximum Gasteiger partial charge on any atom is 0.402 e. The quantitative estimate of drug-likeness (QED) is 0.308. The second kappa shape index (κ2) is 11.8. The standard InChI is InChI=1S/C26H28ClF3N4O3/c1-5-6-13-37-18-10-8-17(9-11-18)21-32-22(34-24(33-21)36-4)19-14-16(7-12-20(19)27)15-31-23(35)25(2,3)26(28,29)30/h7-12,14H,5-6,13,15H2,1-4H3,(H,31,35). The Morgan fingerprint density at radius 3 is 2.32 bits per heavy atom. The molecule has 0 aliphatic rings. The molecular weight excluding hydrogens is 509 g/mol. The van der Waals surface area contributed by atoms with Crippen molar-refractivity contribution in [1.82, 2.24) is 20.3 Å². The number of unbranched alkanes of at least 4 members (excludes halogenated alkanes) is 1. The van der Waals surface area contributed by atoms with Crippen molar-refractivity contribution < 1.29 is 27.4 Å². The first-order valence-corrected chi connectivity index (χ1v) is 12.0. The molecular formula is C26H28ClF3N4O3. The Bertz CT molecular complexity index is 1230. The minimum Gasteiger partial charge on any atom is -0.494 e. The molecule has 0 aliphatic carbocycles. The normalized spacial score (nSPS) is 11.8. The first kappa shape index (κ1) is 28.2. The lowest BCUT2D eigenvalue weighted by molar-refractivity contribution is -0.211. The minimum atomic E-state index is -4.68. The number of alkyl halides is 3. The van der Waals surface area contributed by atoms with Crippen LogP contribution in [0.15, 0.2) is 42.5 Å². The zero-order valence-corrected chi connectivity index (χ0v) is 21.7. The summed E-state index contributed by atoms with van der Waals surface area (Å²) >= 11 is 6.41. The van der Waals surface area contributed by atoms with Crippen LogP contribution < -0.4 is 14.8 Å². The van der Waals surface area contributed by atoms with Crippen LogP contribution in [0.1, 0.15) is 39.2 Å².